The lowest BCUT2D eigenvalue weighted by atomic mass is 9.82. The molecule has 0 atom stereocenters. The smallest absolute Gasteiger partial charge is 0.224 e. The Bertz CT molecular complexity index is 787. The van der Waals surface area contributed by atoms with Crippen molar-refractivity contribution in [2.75, 3.05) is 12.4 Å². The van der Waals surface area contributed by atoms with Gasteiger partial charge in [0, 0.05) is 12.1 Å². The zero-order valence-electron chi connectivity index (χ0n) is 17.2. The first-order valence-electron chi connectivity index (χ1n) is 9.42. The van der Waals surface area contributed by atoms with Crippen LogP contribution in [0.15, 0.2) is 36.4 Å². The Kier molecular flexibility index (Phi) is 6.53. The standard InChI is InChI=1S/C23H31NO3/c1-15(2)19-13-16(14-20(22(19)26)23(3,4)5)7-12-21(25)24-17-8-10-18(27-6)11-9-17/h8-11,13-15,26H,7,12H2,1-6H3,(H,24,25). The fraction of sp³-hybridized carbons (Fsp3) is 0.435. The lowest BCUT2D eigenvalue weighted by Crippen LogP contribution is -2.15. The highest BCUT2D eigenvalue weighted by atomic mass is 16.5. The molecule has 4 heteroatoms. The van der Waals surface area contributed by atoms with Crippen LogP contribution in [-0.2, 0) is 16.6 Å². The summed E-state index contributed by atoms with van der Waals surface area (Å²) in [6.07, 6.45) is 1.02. The monoisotopic (exact) mass is 369 g/mol. The topological polar surface area (TPSA) is 58.6 Å². The van der Waals surface area contributed by atoms with Gasteiger partial charge in [-0.3, -0.25) is 4.79 Å². The van der Waals surface area contributed by atoms with Crippen molar-refractivity contribution < 1.29 is 14.6 Å². The van der Waals surface area contributed by atoms with Crippen LogP contribution in [0.4, 0.5) is 5.69 Å². The van der Waals surface area contributed by atoms with Crippen molar-refractivity contribution >= 4 is 11.6 Å². The number of ether oxygens (including phenoxy) is 1. The highest BCUT2D eigenvalue weighted by molar-refractivity contribution is 5.90. The molecule has 0 aliphatic carbocycles. The van der Waals surface area contributed by atoms with Crippen LogP contribution in [0, 0.1) is 0 Å². The largest absolute Gasteiger partial charge is 0.507 e. The zero-order valence-corrected chi connectivity index (χ0v) is 17.2. The first kappa shape index (κ1) is 20.8. The van der Waals surface area contributed by atoms with Crippen LogP contribution in [-0.4, -0.2) is 18.1 Å². The Hall–Kier alpha value is -2.49. The Morgan fingerprint density at radius 1 is 1.15 bits per heavy atom. The molecule has 0 saturated heterocycles. The van der Waals surface area contributed by atoms with Crippen LogP contribution in [0.5, 0.6) is 11.5 Å². The minimum Gasteiger partial charge on any atom is -0.507 e. The number of aromatic hydroxyl groups is 1. The maximum atomic E-state index is 12.3. The maximum absolute atomic E-state index is 12.3. The van der Waals surface area contributed by atoms with Gasteiger partial charge in [0.2, 0.25) is 5.91 Å². The molecule has 0 aliphatic heterocycles. The number of amides is 1. The molecular weight excluding hydrogens is 338 g/mol. The number of phenolic OH excluding ortho intramolecular Hbond substituents is 1. The third-order valence-electron chi connectivity index (χ3n) is 4.64. The molecule has 0 heterocycles. The number of methoxy groups -OCH3 is 1. The molecule has 0 unspecified atom stereocenters. The quantitative estimate of drug-likeness (QED) is 0.717. The Morgan fingerprint density at radius 3 is 2.30 bits per heavy atom. The molecule has 1 amide bonds. The van der Waals surface area contributed by atoms with Crippen LogP contribution in [0.25, 0.3) is 0 Å². The van der Waals surface area contributed by atoms with Crippen molar-refractivity contribution in [3.05, 3.63) is 53.1 Å². The number of carbonyl (C=O) groups is 1. The van der Waals surface area contributed by atoms with Gasteiger partial charge in [-0.2, -0.15) is 0 Å². The third-order valence-corrected chi connectivity index (χ3v) is 4.64. The van der Waals surface area contributed by atoms with Gasteiger partial charge in [-0.25, -0.2) is 0 Å². The summed E-state index contributed by atoms with van der Waals surface area (Å²) in [7, 11) is 1.61. The summed E-state index contributed by atoms with van der Waals surface area (Å²) >= 11 is 0. The van der Waals surface area contributed by atoms with Crippen LogP contribution >= 0.6 is 0 Å². The van der Waals surface area contributed by atoms with Crippen molar-refractivity contribution in [3.8, 4) is 11.5 Å². The van der Waals surface area contributed by atoms with Gasteiger partial charge in [0.05, 0.1) is 7.11 Å². The molecule has 27 heavy (non-hydrogen) atoms. The first-order chi connectivity index (χ1) is 12.6. The molecule has 0 radical (unpaired) electrons. The summed E-state index contributed by atoms with van der Waals surface area (Å²) in [5.41, 5.74) is 3.54. The SMILES string of the molecule is COc1ccc(NC(=O)CCc2cc(C(C)C)c(O)c(C(C)(C)C)c2)cc1. The second kappa shape index (κ2) is 8.47. The molecule has 0 aromatic heterocycles. The van der Waals surface area contributed by atoms with Crippen LogP contribution < -0.4 is 10.1 Å². The van der Waals surface area contributed by atoms with E-state index in [-0.39, 0.29) is 17.2 Å². The lowest BCUT2D eigenvalue weighted by molar-refractivity contribution is -0.116. The zero-order chi connectivity index (χ0) is 20.2. The van der Waals surface area contributed by atoms with E-state index < -0.39 is 0 Å². The van der Waals surface area contributed by atoms with E-state index in [1.54, 1.807) is 7.11 Å². The second-order valence-corrected chi connectivity index (χ2v) is 8.26. The normalized spacial score (nSPS) is 11.5. The summed E-state index contributed by atoms with van der Waals surface area (Å²) < 4.78 is 5.13. The van der Waals surface area contributed by atoms with E-state index in [9.17, 15) is 9.90 Å². The molecule has 0 bridgehead atoms. The number of aryl methyl sites for hydroxylation is 1. The number of rotatable bonds is 6. The predicted molar refractivity (Wildman–Crippen MR) is 111 cm³/mol. The summed E-state index contributed by atoms with van der Waals surface area (Å²) in [5, 5.41) is 13.6. The average Bonchev–Trinajstić information content (AvgIpc) is 2.60. The van der Waals surface area contributed by atoms with Crippen molar-refractivity contribution in [1.29, 1.82) is 0 Å². The minimum absolute atomic E-state index is 0.0309. The lowest BCUT2D eigenvalue weighted by Gasteiger charge is -2.24. The van der Waals surface area contributed by atoms with Crippen molar-refractivity contribution in [1.82, 2.24) is 0 Å². The van der Waals surface area contributed by atoms with Crippen LogP contribution in [0.1, 0.15) is 63.6 Å². The van der Waals surface area contributed by atoms with Crippen molar-refractivity contribution in [2.45, 2.75) is 58.8 Å². The number of carbonyl (C=O) groups excluding carboxylic acids is 1. The Morgan fingerprint density at radius 2 is 1.78 bits per heavy atom. The van der Waals surface area contributed by atoms with Gasteiger partial charge in [0.25, 0.3) is 0 Å². The summed E-state index contributed by atoms with van der Waals surface area (Å²) in [4.78, 5) is 12.3. The van der Waals surface area contributed by atoms with E-state index >= 15 is 0 Å². The van der Waals surface area contributed by atoms with Gasteiger partial charge in [-0.1, -0.05) is 46.8 Å². The van der Waals surface area contributed by atoms with Gasteiger partial charge in [0.15, 0.2) is 0 Å². The fourth-order valence-corrected chi connectivity index (χ4v) is 3.03. The number of hydrogen-bond acceptors (Lipinski definition) is 3. The second-order valence-electron chi connectivity index (χ2n) is 8.26. The summed E-state index contributed by atoms with van der Waals surface area (Å²) in [6, 6.07) is 11.3. The van der Waals surface area contributed by atoms with Crippen LogP contribution in [0.3, 0.4) is 0 Å². The average molecular weight is 370 g/mol. The summed E-state index contributed by atoms with van der Waals surface area (Å²) in [6.45, 7) is 10.4. The number of hydrogen-bond donors (Lipinski definition) is 2. The van der Waals surface area contributed by atoms with Gasteiger partial charge in [-0.15, -0.1) is 0 Å². The molecule has 4 nitrogen and oxygen atoms in total. The molecule has 0 saturated carbocycles. The van der Waals surface area contributed by atoms with E-state index in [4.69, 9.17) is 4.74 Å². The minimum atomic E-state index is -0.158. The predicted octanol–water partition coefficient (Wildman–Crippen LogP) is 5.39. The number of anilines is 1. The number of nitrogens with one attached hydrogen (secondary N) is 1. The summed E-state index contributed by atoms with van der Waals surface area (Å²) in [5.74, 6) is 1.33. The van der Waals surface area contributed by atoms with Gasteiger partial charge < -0.3 is 15.2 Å². The molecular formula is C23H31NO3. The fourth-order valence-electron chi connectivity index (χ4n) is 3.03. The van der Waals surface area contributed by atoms with E-state index in [0.717, 1.165) is 28.1 Å². The molecule has 0 aliphatic rings. The van der Waals surface area contributed by atoms with Crippen molar-refractivity contribution in [3.63, 3.8) is 0 Å². The number of phenols is 1. The van der Waals surface area contributed by atoms with E-state index in [1.165, 1.54) is 0 Å². The molecule has 0 spiro atoms. The first-order valence-corrected chi connectivity index (χ1v) is 9.42. The van der Waals surface area contributed by atoms with Gasteiger partial charge in [-0.05, 0) is 58.7 Å². The molecule has 2 aromatic rings. The molecule has 146 valence electrons. The van der Waals surface area contributed by atoms with E-state index in [0.29, 0.717) is 18.6 Å². The molecule has 2 N–H and O–H groups in total. The van der Waals surface area contributed by atoms with Crippen molar-refractivity contribution in [2.24, 2.45) is 0 Å². The number of benzene rings is 2. The molecule has 0 fully saturated rings. The maximum Gasteiger partial charge on any atom is 0.224 e. The molecule has 2 aromatic carbocycles. The highest BCUT2D eigenvalue weighted by Crippen LogP contribution is 2.37. The third kappa shape index (κ3) is 5.49. The van der Waals surface area contributed by atoms with Gasteiger partial charge >= 0.3 is 0 Å². The van der Waals surface area contributed by atoms with E-state index in [1.807, 2.05) is 36.4 Å². The Balaban J connectivity index is 2.11. The van der Waals surface area contributed by atoms with Crippen LogP contribution in [0.2, 0.25) is 0 Å². The molecule has 2 rings (SSSR count). The Labute approximate surface area is 162 Å². The van der Waals surface area contributed by atoms with Gasteiger partial charge in [0.1, 0.15) is 11.5 Å². The van der Waals surface area contributed by atoms with E-state index in [2.05, 4.69) is 39.9 Å². The highest BCUT2D eigenvalue weighted by Gasteiger charge is 2.22.